The van der Waals surface area contributed by atoms with Gasteiger partial charge in [0, 0.05) is 58.0 Å². The van der Waals surface area contributed by atoms with E-state index in [-0.39, 0.29) is 0 Å². The van der Waals surface area contributed by atoms with E-state index >= 15 is 0 Å². The lowest BCUT2D eigenvalue weighted by Crippen LogP contribution is -2.36. The van der Waals surface area contributed by atoms with Gasteiger partial charge in [0.15, 0.2) is 0 Å². The molecule has 0 bridgehead atoms. The molecule has 0 radical (unpaired) electrons. The summed E-state index contributed by atoms with van der Waals surface area (Å²) in [4.78, 5) is 21.3. The molecule has 0 heterocycles. The van der Waals surface area contributed by atoms with Crippen LogP contribution in [-0.2, 0) is 9.59 Å². The normalized spacial score (nSPS) is 11.3. The average molecular weight is 298 g/mol. The van der Waals surface area contributed by atoms with Crippen molar-refractivity contribution in [2.45, 2.75) is 6.92 Å². The Labute approximate surface area is 125 Å². The number of hydrogen-bond acceptors (Lipinski definition) is 5. The van der Waals surface area contributed by atoms with Crippen LogP contribution in [-0.4, -0.2) is 62.8 Å². The monoisotopic (exact) mass is 298 g/mol. The largest absolute Gasteiger partial charge is 0.478 e. The molecule has 0 aliphatic carbocycles. The Hall–Kier alpha value is -1.70. The van der Waals surface area contributed by atoms with E-state index in [2.05, 4.69) is 27.3 Å². The molecule has 0 aliphatic rings. The quantitative estimate of drug-likeness (QED) is 0.171. The topological polar surface area (TPSA) is 102 Å². The van der Waals surface area contributed by atoms with Crippen molar-refractivity contribution < 1.29 is 14.7 Å². The Kier molecular flexibility index (Phi) is 13.5. The number of allylic oxidation sites excluding steroid dienone is 1. The summed E-state index contributed by atoms with van der Waals surface area (Å²) in [6.45, 7) is 7.52. The van der Waals surface area contributed by atoms with E-state index in [1.165, 1.54) is 0 Å². The summed E-state index contributed by atoms with van der Waals surface area (Å²) in [5.74, 6) is -1.53. The average Bonchev–Trinajstić information content (AvgIpc) is 2.46. The minimum absolute atomic E-state index is 0.399. The number of amides is 1. The second kappa shape index (κ2) is 14.7. The van der Waals surface area contributed by atoms with Gasteiger partial charge in [0.2, 0.25) is 5.91 Å². The summed E-state index contributed by atoms with van der Waals surface area (Å²) in [6, 6.07) is 0. The Balaban J connectivity index is 3.22. The summed E-state index contributed by atoms with van der Waals surface area (Å²) in [7, 11) is 0. The van der Waals surface area contributed by atoms with E-state index in [1.807, 2.05) is 13.0 Å². The number of carbonyl (C=O) groups is 2. The van der Waals surface area contributed by atoms with Gasteiger partial charge in [0.05, 0.1) is 0 Å². The first-order chi connectivity index (χ1) is 10.2. The second-order valence-corrected chi connectivity index (χ2v) is 4.24. The molecule has 0 aromatic heterocycles. The van der Waals surface area contributed by atoms with Crippen LogP contribution in [0.5, 0.6) is 0 Å². The van der Waals surface area contributed by atoms with E-state index < -0.39 is 11.9 Å². The summed E-state index contributed by atoms with van der Waals surface area (Å²) >= 11 is 0. The molecule has 0 aliphatic heterocycles. The van der Waals surface area contributed by atoms with Crippen LogP contribution in [0.15, 0.2) is 24.3 Å². The molecular weight excluding hydrogens is 272 g/mol. The molecule has 0 aromatic rings. The molecular formula is C14H26N4O3. The van der Waals surface area contributed by atoms with Gasteiger partial charge in [-0.3, -0.25) is 4.79 Å². The van der Waals surface area contributed by atoms with Crippen molar-refractivity contribution in [1.29, 1.82) is 0 Å². The molecule has 0 atom stereocenters. The maximum Gasteiger partial charge on any atom is 0.328 e. The number of aliphatic carboxylic acids is 1. The number of rotatable bonds is 13. The molecule has 0 aromatic carbocycles. The van der Waals surface area contributed by atoms with Crippen molar-refractivity contribution in [2.24, 2.45) is 0 Å². The molecule has 0 fully saturated rings. The summed E-state index contributed by atoms with van der Waals surface area (Å²) < 4.78 is 0. The number of carbonyl (C=O) groups excluding carboxylic acids is 1. The summed E-state index contributed by atoms with van der Waals surface area (Å²) in [5.41, 5.74) is 0. The fourth-order valence-electron chi connectivity index (χ4n) is 1.39. The zero-order valence-electron chi connectivity index (χ0n) is 12.5. The van der Waals surface area contributed by atoms with Crippen LogP contribution in [0.25, 0.3) is 0 Å². The number of hydrogen-bond donors (Lipinski definition) is 5. The third-order valence-electron chi connectivity index (χ3n) is 2.43. The Morgan fingerprint density at radius 3 is 2.05 bits per heavy atom. The molecule has 1 amide bonds. The first-order valence-corrected chi connectivity index (χ1v) is 7.09. The van der Waals surface area contributed by atoms with E-state index in [4.69, 9.17) is 5.11 Å². The molecule has 0 spiro atoms. The van der Waals surface area contributed by atoms with Crippen LogP contribution in [0.4, 0.5) is 0 Å². The third kappa shape index (κ3) is 16.2. The van der Waals surface area contributed by atoms with Crippen molar-refractivity contribution in [3.8, 4) is 0 Å². The van der Waals surface area contributed by atoms with E-state index in [1.54, 1.807) is 0 Å². The molecule has 0 saturated heterocycles. The highest BCUT2D eigenvalue weighted by molar-refractivity contribution is 5.93. The lowest BCUT2D eigenvalue weighted by molar-refractivity contribution is -0.131. The van der Waals surface area contributed by atoms with E-state index in [0.717, 1.165) is 44.9 Å². The highest BCUT2D eigenvalue weighted by atomic mass is 16.4. The Morgan fingerprint density at radius 1 is 0.905 bits per heavy atom. The van der Waals surface area contributed by atoms with Crippen LogP contribution < -0.4 is 21.3 Å². The van der Waals surface area contributed by atoms with Crippen molar-refractivity contribution >= 4 is 11.9 Å². The zero-order chi connectivity index (χ0) is 15.8. The first kappa shape index (κ1) is 19.3. The highest BCUT2D eigenvalue weighted by Crippen LogP contribution is 1.73. The maximum atomic E-state index is 11.1. The summed E-state index contributed by atoms with van der Waals surface area (Å²) in [5, 5.41) is 20.6. The minimum Gasteiger partial charge on any atom is -0.478 e. The van der Waals surface area contributed by atoms with Gasteiger partial charge >= 0.3 is 5.97 Å². The van der Waals surface area contributed by atoms with Crippen LogP contribution in [0.1, 0.15) is 6.92 Å². The zero-order valence-corrected chi connectivity index (χ0v) is 12.5. The van der Waals surface area contributed by atoms with Gasteiger partial charge in [-0.25, -0.2) is 4.79 Å². The van der Waals surface area contributed by atoms with Crippen molar-refractivity contribution in [1.82, 2.24) is 21.3 Å². The molecule has 21 heavy (non-hydrogen) atoms. The molecule has 120 valence electrons. The fraction of sp³-hybridized carbons (Fsp3) is 0.571. The number of carboxylic acid groups (broad SMARTS) is 1. The second-order valence-electron chi connectivity index (χ2n) is 4.24. The van der Waals surface area contributed by atoms with Gasteiger partial charge < -0.3 is 26.4 Å². The predicted octanol–water partition coefficient (Wildman–Crippen LogP) is -0.912. The molecule has 0 rings (SSSR count). The molecule has 5 N–H and O–H groups in total. The van der Waals surface area contributed by atoms with Crippen LogP contribution in [0.2, 0.25) is 0 Å². The smallest absolute Gasteiger partial charge is 0.328 e. The van der Waals surface area contributed by atoms with E-state index in [9.17, 15) is 9.59 Å². The van der Waals surface area contributed by atoms with Crippen molar-refractivity contribution in [2.75, 3.05) is 45.8 Å². The number of carboxylic acids is 1. The molecule has 0 unspecified atom stereocenters. The Morgan fingerprint density at radius 2 is 1.48 bits per heavy atom. The van der Waals surface area contributed by atoms with Crippen molar-refractivity contribution in [3.63, 3.8) is 0 Å². The maximum absolute atomic E-state index is 11.1. The van der Waals surface area contributed by atoms with Gasteiger partial charge in [0.25, 0.3) is 0 Å². The molecule has 0 saturated carbocycles. The molecule has 7 nitrogen and oxygen atoms in total. The lowest BCUT2D eigenvalue weighted by Gasteiger charge is -2.07. The van der Waals surface area contributed by atoms with Gasteiger partial charge in [0.1, 0.15) is 0 Å². The van der Waals surface area contributed by atoms with E-state index in [0.29, 0.717) is 13.1 Å². The Bertz CT molecular complexity index is 343. The van der Waals surface area contributed by atoms with Gasteiger partial charge in [-0.05, 0) is 6.92 Å². The SMILES string of the molecule is C/C=C/CNCCNCCNCCNC(=O)/C=C/C(=O)O. The highest BCUT2D eigenvalue weighted by Gasteiger charge is 1.95. The number of nitrogens with one attached hydrogen (secondary N) is 4. The third-order valence-corrected chi connectivity index (χ3v) is 2.43. The van der Waals surface area contributed by atoms with Crippen LogP contribution in [0, 0.1) is 0 Å². The predicted molar refractivity (Wildman–Crippen MR) is 83.2 cm³/mol. The standard InChI is InChI=1S/C14H26N4O3/c1-2-3-6-15-7-8-16-9-10-17-11-12-18-13(19)4-5-14(20)21/h2-5,15-17H,6-12H2,1H3,(H,18,19)(H,20,21)/b3-2+,5-4+. The van der Waals surface area contributed by atoms with Gasteiger partial charge in [-0.15, -0.1) is 0 Å². The fourth-order valence-corrected chi connectivity index (χ4v) is 1.39. The first-order valence-electron chi connectivity index (χ1n) is 7.09. The lowest BCUT2D eigenvalue weighted by atomic mass is 10.4. The summed E-state index contributed by atoms with van der Waals surface area (Å²) in [6.07, 6.45) is 5.91. The van der Waals surface area contributed by atoms with Crippen LogP contribution >= 0.6 is 0 Å². The van der Waals surface area contributed by atoms with Gasteiger partial charge in [-0.1, -0.05) is 12.2 Å². The minimum atomic E-state index is -1.13. The van der Waals surface area contributed by atoms with Crippen molar-refractivity contribution in [3.05, 3.63) is 24.3 Å². The van der Waals surface area contributed by atoms with Crippen LogP contribution in [0.3, 0.4) is 0 Å². The van der Waals surface area contributed by atoms with Gasteiger partial charge in [-0.2, -0.15) is 0 Å². The molecule has 7 heteroatoms.